The quantitative estimate of drug-likeness (QED) is 0.786. The first-order chi connectivity index (χ1) is 8.87. The van der Waals surface area contributed by atoms with Crippen LogP contribution >= 0.6 is 15.9 Å². The van der Waals surface area contributed by atoms with Gasteiger partial charge in [-0.1, -0.05) is 35.8 Å². The molecule has 0 unspecified atom stereocenters. The summed E-state index contributed by atoms with van der Waals surface area (Å²) in [6.45, 7) is 4.40. The molecular weight excluding hydrogens is 316 g/mol. The average molecular weight is 334 g/mol. The third kappa shape index (κ3) is 4.90. The van der Waals surface area contributed by atoms with Gasteiger partial charge in [0.25, 0.3) is 5.91 Å². The second kappa shape index (κ2) is 6.98. The van der Waals surface area contributed by atoms with Crippen molar-refractivity contribution in [3.63, 3.8) is 0 Å². The van der Waals surface area contributed by atoms with E-state index in [-0.39, 0.29) is 5.41 Å². The van der Waals surface area contributed by atoms with Gasteiger partial charge in [-0.15, -0.1) is 0 Å². The van der Waals surface area contributed by atoms with E-state index >= 15 is 0 Å². The number of nitrogens with one attached hydrogen (secondary N) is 1. The number of hydrogen-bond donors (Lipinski definition) is 1. The highest BCUT2D eigenvalue weighted by molar-refractivity contribution is 9.09. The molecule has 0 saturated heterocycles. The standard InChI is InChI=1S/C14H18BrF2NO/c1-14(2,7-4-8-15)9-18-13(19)12-10(16)5-3-6-11(12)17/h3,5-6H,4,7-9H2,1-2H3,(H,18,19). The van der Waals surface area contributed by atoms with E-state index in [4.69, 9.17) is 0 Å². The molecule has 0 aliphatic carbocycles. The van der Waals surface area contributed by atoms with Crippen molar-refractivity contribution in [2.24, 2.45) is 5.41 Å². The molecule has 1 amide bonds. The zero-order chi connectivity index (χ0) is 14.5. The predicted molar refractivity (Wildman–Crippen MR) is 75.5 cm³/mol. The van der Waals surface area contributed by atoms with E-state index in [1.54, 1.807) is 0 Å². The Morgan fingerprint density at radius 2 is 1.89 bits per heavy atom. The van der Waals surface area contributed by atoms with E-state index < -0.39 is 23.1 Å². The molecule has 1 rings (SSSR count). The van der Waals surface area contributed by atoms with Crippen LogP contribution in [0.4, 0.5) is 8.78 Å². The van der Waals surface area contributed by atoms with Crippen LogP contribution < -0.4 is 5.32 Å². The average Bonchev–Trinajstić information content (AvgIpc) is 2.34. The van der Waals surface area contributed by atoms with Crippen molar-refractivity contribution in [2.45, 2.75) is 26.7 Å². The normalized spacial score (nSPS) is 11.4. The van der Waals surface area contributed by atoms with Gasteiger partial charge in [-0.25, -0.2) is 8.78 Å². The lowest BCUT2D eigenvalue weighted by molar-refractivity contribution is 0.0926. The summed E-state index contributed by atoms with van der Waals surface area (Å²) in [7, 11) is 0. The Morgan fingerprint density at radius 3 is 2.42 bits per heavy atom. The number of alkyl halides is 1. The molecule has 0 heterocycles. The molecule has 0 fully saturated rings. The van der Waals surface area contributed by atoms with Gasteiger partial charge in [-0.05, 0) is 30.4 Å². The Labute approximate surface area is 120 Å². The van der Waals surface area contributed by atoms with Crippen LogP contribution in [0.25, 0.3) is 0 Å². The van der Waals surface area contributed by atoms with Gasteiger partial charge in [0.1, 0.15) is 17.2 Å². The zero-order valence-corrected chi connectivity index (χ0v) is 12.7. The molecule has 0 spiro atoms. The number of benzene rings is 1. The number of rotatable bonds is 6. The third-order valence-electron chi connectivity index (χ3n) is 2.90. The lowest BCUT2D eigenvalue weighted by Crippen LogP contribution is -2.35. The summed E-state index contributed by atoms with van der Waals surface area (Å²) in [5, 5.41) is 3.49. The minimum atomic E-state index is -0.837. The fourth-order valence-electron chi connectivity index (χ4n) is 1.76. The second-order valence-electron chi connectivity index (χ2n) is 5.24. The van der Waals surface area contributed by atoms with Crippen molar-refractivity contribution in [3.8, 4) is 0 Å². The van der Waals surface area contributed by atoms with E-state index in [1.807, 2.05) is 13.8 Å². The van der Waals surface area contributed by atoms with Crippen LogP contribution in [-0.4, -0.2) is 17.8 Å². The van der Waals surface area contributed by atoms with Crippen LogP contribution in [0.2, 0.25) is 0 Å². The van der Waals surface area contributed by atoms with Gasteiger partial charge in [0, 0.05) is 11.9 Å². The lowest BCUT2D eigenvalue weighted by atomic mass is 9.88. The van der Waals surface area contributed by atoms with Crippen molar-refractivity contribution in [2.75, 3.05) is 11.9 Å². The Balaban J connectivity index is 2.66. The molecule has 0 bridgehead atoms. The van der Waals surface area contributed by atoms with Gasteiger partial charge in [-0.2, -0.15) is 0 Å². The highest BCUT2D eigenvalue weighted by atomic mass is 79.9. The summed E-state index contributed by atoms with van der Waals surface area (Å²) in [6.07, 6.45) is 1.90. The van der Waals surface area contributed by atoms with Crippen LogP contribution in [0, 0.1) is 17.0 Å². The maximum absolute atomic E-state index is 13.4. The first-order valence-electron chi connectivity index (χ1n) is 6.15. The van der Waals surface area contributed by atoms with Crippen LogP contribution in [0.5, 0.6) is 0 Å². The van der Waals surface area contributed by atoms with Gasteiger partial charge in [-0.3, -0.25) is 4.79 Å². The summed E-state index contributed by atoms with van der Waals surface area (Å²) in [5.41, 5.74) is -0.621. The summed E-state index contributed by atoms with van der Waals surface area (Å²) in [5.74, 6) is -2.38. The first-order valence-corrected chi connectivity index (χ1v) is 7.28. The molecule has 106 valence electrons. The summed E-state index contributed by atoms with van der Waals surface area (Å²) in [6, 6.07) is 3.39. The maximum atomic E-state index is 13.4. The van der Waals surface area contributed by atoms with Crippen LogP contribution in [-0.2, 0) is 0 Å². The van der Waals surface area contributed by atoms with Crippen molar-refractivity contribution < 1.29 is 13.6 Å². The highest BCUT2D eigenvalue weighted by Gasteiger charge is 2.21. The van der Waals surface area contributed by atoms with Gasteiger partial charge < -0.3 is 5.32 Å². The molecule has 2 nitrogen and oxygen atoms in total. The smallest absolute Gasteiger partial charge is 0.257 e. The monoisotopic (exact) mass is 333 g/mol. The molecule has 0 atom stereocenters. The Bertz CT molecular complexity index is 429. The Kier molecular flexibility index (Phi) is 5.91. The number of amides is 1. The SMILES string of the molecule is CC(C)(CCCBr)CNC(=O)c1c(F)cccc1F. The molecule has 0 aromatic heterocycles. The van der Waals surface area contributed by atoms with Crippen LogP contribution in [0.15, 0.2) is 18.2 Å². The van der Waals surface area contributed by atoms with Gasteiger partial charge in [0.15, 0.2) is 0 Å². The van der Waals surface area contributed by atoms with Gasteiger partial charge >= 0.3 is 0 Å². The highest BCUT2D eigenvalue weighted by Crippen LogP contribution is 2.22. The van der Waals surface area contributed by atoms with Crippen molar-refractivity contribution >= 4 is 21.8 Å². The molecule has 1 aromatic carbocycles. The van der Waals surface area contributed by atoms with Crippen LogP contribution in [0.3, 0.4) is 0 Å². The Morgan fingerprint density at radius 1 is 1.32 bits per heavy atom. The number of carbonyl (C=O) groups excluding carboxylic acids is 1. The molecule has 1 aromatic rings. The fraction of sp³-hybridized carbons (Fsp3) is 0.500. The number of carbonyl (C=O) groups is 1. The second-order valence-corrected chi connectivity index (χ2v) is 6.03. The zero-order valence-electron chi connectivity index (χ0n) is 11.1. The molecule has 0 saturated carbocycles. The minimum Gasteiger partial charge on any atom is -0.351 e. The number of halogens is 3. The van der Waals surface area contributed by atoms with E-state index in [9.17, 15) is 13.6 Å². The molecule has 0 aliphatic heterocycles. The molecular formula is C14H18BrF2NO. The molecule has 1 N–H and O–H groups in total. The van der Waals surface area contributed by atoms with E-state index in [0.29, 0.717) is 6.54 Å². The van der Waals surface area contributed by atoms with E-state index in [2.05, 4.69) is 21.2 Å². The van der Waals surface area contributed by atoms with Crippen molar-refractivity contribution in [1.29, 1.82) is 0 Å². The van der Waals surface area contributed by atoms with E-state index in [0.717, 1.165) is 30.3 Å². The first kappa shape index (κ1) is 16.1. The minimum absolute atomic E-state index is 0.106. The largest absolute Gasteiger partial charge is 0.351 e. The third-order valence-corrected chi connectivity index (χ3v) is 3.47. The fourth-order valence-corrected chi connectivity index (χ4v) is 2.04. The molecule has 0 aliphatic rings. The summed E-state index contributed by atoms with van der Waals surface area (Å²) in [4.78, 5) is 11.8. The van der Waals surface area contributed by atoms with Crippen molar-refractivity contribution in [3.05, 3.63) is 35.4 Å². The molecule has 19 heavy (non-hydrogen) atoms. The Hall–Kier alpha value is -0.970. The van der Waals surface area contributed by atoms with Gasteiger partial charge in [0.05, 0.1) is 0 Å². The molecule has 0 radical (unpaired) electrons. The van der Waals surface area contributed by atoms with Gasteiger partial charge in [0.2, 0.25) is 0 Å². The maximum Gasteiger partial charge on any atom is 0.257 e. The summed E-state index contributed by atoms with van der Waals surface area (Å²) < 4.78 is 26.8. The van der Waals surface area contributed by atoms with E-state index in [1.165, 1.54) is 6.07 Å². The van der Waals surface area contributed by atoms with Crippen LogP contribution in [0.1, 0.15) is 37.0 Å². The summed E-state index contributed by atoms with van der Waals surface area (Å²) >= 11 is 3.35. The predicted octanol–water partition coefficient (Wildman–Crippen LogP) is 3.90. The molecule has 5 heteroatoms. The lowest BCUT2D eigenvalue weighted by Gasteiger charge is -2.24. The van der Waals surface area contributed by atoms with Crippen molar-refractivity contribution in [1.82, 2.24) is 5.32 Å². The topological polar surface area (TPSA) is 29.1 Å². The number of hydrogen-bond acceptors (Lipinski definition) is 1.